The Hall–Kier alpha value is -1.79. The van der Waals surface area contributed by atoms with E-state index in [4.69, 9.17) is 34.0 Å². The van der Waals surface area contributed by atoms with E-state index in [0.717, 1.165) is 4.80 Å². The van der Waals surface area contributed by atoms with Crippen LogP contribution in [0, 0.1) is 0 Å². The third kappa shape index (κ3) is 2.17. The highest BCUT2D eigenvalue weighted by atomic mass is 35.5. The number of hydrogen-bond acceptors (Lipinski definition) is 4. The van der Waals surface area contributed by atoms with Crippen molar-refractivity contribution in [1.29, 1.82) is 0 Å². The van der Waals surface area contributed by atoms with Gasteiger partial charge in [-0.05, 0) is 18.2 Å². The van der Waals surface area contributed by atoms with Crippen LogP contribution in [0.25, 0.3) is 5.69 Å². The predicted octanol–water partition coefficient (Wildman–Crippen LogP) is 1.85. The van der Waals surface area contributed by atoms with Crippen LogP contribution in [0.15, 0.2) is 18.2 Å². The van der Waals surface area contributed by atoms with E-state index in [9.17, 15) is 4.79 Å². The number of carboxylic acid groups (broad SMARTS) is 1. The Balaban J connectivity index is 2.57. The van der Waals surface area contributed by atoms with Gasteiger partial charge in [-0.25, -0.2) is 4.79 Å². The van der Waals surface area contributed by atoms with Gasteiger partial charge in [-0.3, -0.25) is 0 Å². The van der Waals surface area contributed by atoms with Crippen LogP contribution in [-0.2, 0) is 0 Å². The second kappa shape index (κ2) is 4.23. The lowest BCUT2D eigenvalue weighted by molar-refractivity contribution is 0.0691. The number of hydrogen-bond donors (Lipinski definition) is 2. The fraction of sp³-hybridized carbons (Fsp3) is 0. The van der Waals surface area contributed by atoms with Gasteiger partial charge < -0.3 is 10.8 Å². The molecule has 0 atom stereocenters. The number of halogens is 2. The topological polar surface area (TPSA) is 94.0 Å². The van der Waals surface area contributed by atoms with E-state index in [2.05, 4.69) is 10.2 Å². The highest BCUT2D eigenvalue weighted by Gasteiger charge is 2.17. The summed E-state index contributed by atoms with van der Waals surface area (Å²) >= 11 is 11.7. The number of aromatic carboxylic acids is 1. The number of carboxylic acids is 1. The van der Waals surface area contributed by atoms with Gasteiger partial charge in [0.15, 0.2) is 5.82 Å². The third-order valence-electron chi connectivity index (χ3n) is 1.97. The Morgan fingerprint density at radius 1 is 1.35 bits per heavy atom. The molecule has 0 fully saturated rings. The molecule has 0 aliphatic heterocycles. The van der Waals surface area contributed by atoms with Gasteiger partial charge in [-0.1, -0.05) is 23.2 Å². The van der Waals surface area contributed by atoms with E-state index >= 15 is 0 Å². The fourth-order valence-electron chi connectivity index (χ4n) is 1.22. The molecule has 0 radical (unpaired) electrons. The Morgan fingerprint density at radius 2 is 2.06 bits per heavy atom. The number of benzene rings is 1. The van der Waals surface area contributed by atoms with E-state index in [1.807, 2.05) is 0 Å². The molecular weight excluding hydrogens is 267 g/mol. The Kier molecular flexibility index (Phi) is 2.91. The third-order valence-corrected chi connectivity index (χ3v) is 2.52. The van der Waals surface area contributed by atoms with Gasteiger partial charge in [0.25, 0.3) is 0 Å². The Bertz CT molecular complexity index is 597. The first-order chi connectivity index (χ1) is 7.99. The molecule has 17 heavy (non-hydrogen) atoms. The number of aromatic nitrogens is 3. The summed E-state index contributed by atoms with van der Waals surface area (Å²) in [5, 5.41) is 17.0. The molecule has 0 spiro atoms. The highest BCUT2D eigenvalue weighted by molar-refractivity contribution is 6.34. The fourth-order valence-corrected chi connectivity index (χ4v) is 1.58. The van der Waals surface area contributed by atoms with Crippen molar-refractivity contribution in [1.82, 2.24) is 15.0 Å². The second-order valence-corrected chi connectivity index (χ2v) is 3.97. The maximum absolute atomic E-state index is 10.8. The normalized spacial score (nSPS) is 10.5. The number of nitrogen functional groups attached to an aromatic ring is 1. The Morgan fingerprint density at radius 3 is 2.65 bits per heavy atom. The zero-order valence-electron chi connectivity index (χ0n) is 8.26. The lowest BCUT2D eigenvalue weighted by atomic mass is 10.3. The Labute approximate surface area is 106 Å². The van der Waals surface area contributed by atoms with Gasteiger partial charge in [0.05, 0.1) is 5.02 Å². The van der Waals surface area contributed by atoms with Crippen LogP contribution in [-0.4, -0.2) is 26.1 Å². The van der Waals surface area contributed by atoms with Crippen molar-refractivity contribution < 1.29 is 9.90 Å². The largest absolute Gasteiger partial charge is 0.476 e. The van der Waals surface area contributed by atoms with E-state index in [0.29, 0.717) is 15.7 Å². The molecule has 0 aliphatic carbocycles. The summed E-state index contributed by atoms with van der Waals surface area (Å²) in [4.78, 5) is 11.8. The molecule has 0 bridgehead atoms. The summed E-state index contributed by atoms with van der Waals surface area (Å²) in [7, 11) is 0. The second-order valence-electron chi connectivity index (χ2n) is 3.12. The van der Waals surface area contributed by atoms with Crippen LogP contribution < -0.4 is 5.73 Å². The summed E-state index contributed by atoms with van der Waals surface area (Å²) < 4.78 is 0. The SMILES string of the molecule is Nc1nn(-c2cc(Cl)ccc2Cl)nc1C(=O)O. The van der Waals surface area contributed by atoms with Crippen molar-refractivity contribution in [3.05, 3.63) is 33.9 Å². The first kappa shape index (κ1) is 11.7. The van der Waals surface area contributed by atoms with Crippen LogP contribution in [0.1, 0.15) is 10.5 Å². The van der Waals surface area contributed by atoms with Crippen LogP contribution in [0.3, 0.4) is 0 Å². The molecule has 0 aliphatic rings. The van der Waals surface area contributed by atoms with Crippen LogP contribution in [0.5, 0.6) is 0 Å². The summed E-state index contributed by atoms with van der Waals surface area (Å²) in [5.74, 6) is -1.44. The minimum atomic E-state index is -1.26. The molecule has 3 N–H and O–H groups in total. The van der Waals surface area contributed by atoms with Crippen molar-refractivity contribution in [2.75, 3.05) is 5.73 Å². The molecular formula is C9H6Cl2N4O2. The minimum absolute atomic E-state index is 0.187. The van der Waals surface area contributed by atoms with Crippen LogP contribution in [0.4, 0.5) is 5.82 Å². The van der Waals surface area contributed by atoms with Crippen molar-refractivity contribution in [2.24, 2.45) is 0 Å². The van der Waals surface area contributed by atoms with Crippen molar-refractivity contribution >= 4 is 35.0 Å². The molecule has 2 aromatic rings. The van der Waals surface area contributed by atoms with E-state index < -0.39 is 5.97 Å². The first-order valence-corrected chi connectivity index (χ1v) is 5.16. The highest BCUT2D eigenvalue weighted by Crippen LogP contribution is 2.23. The van der Waals surface area contributed by atoms with E-state index in [1.54, 1.807) is 12.1 Å². The van der Waals surface area contributed by atoms with Gasteiger partial charge >= 0.3 is 5.97 Å². The smallest absolute Gasteiger partial charge is 0.360 e. The monoisotopic (exact) mass is 272 g/mol. The molecule has 1 aromatic heterocycles. The number of anilines is 1. The minimum Gasteiger partial charge on any atom is -0.476 e. The summed E-state index contributed by atoms with van der Waals surface area (Å²) in [5.41, 5.74) is 5.44. The van der Waals surface area contributed by atoms with Gasteiger partial charge in [0.2, 0.25) is 5.69 Å². The van der Waals surface area contributed by atoms with Gasteiger partial charge in [-0.15, -0.1) is 15.0 Å². The molecule has 8 heteroatoms. The van der Waals surface area contributed by atoms with Crippen LogP contribution in [0.2, 0.25) is 10.0 Å². The molecule has 0 unspecified atom stereocenters. The van der Waals surface area contributed by atoms with Gasteiger partial charge in [0.1, 0.15) is 5.69 Å². The first-order valence-electron chi connectivity index (χ1n) is 4.40. The zero-order valence-corrected chi connectivity index (χ0v) is 9.77. The molecule has 0 saturated carbocycles. The maximum atomic E-state index is 10.8. The molecule has 0 amide bonds. The average Bonchev–Trinajstić information content (AvgIpc) is 2.64. The van der Waals surface area contributed by atoms with Crippen LogP contribution >= 0.6 is 23.2 Å². The molecule has 1 aromatic carbocycles. The summed E-state index contributed by atoms with van der Waals surface area (Å²) in [6, 6.07) is 4.66. The molecule has 2 rings (SSSR count). The molecule has 88 valence electrons. The van der Waals surface area contributed by atoms with E-state index in [-0.39, 0.29) is 11.5 Å². The van der Waals surface area contributed by atoms with Gasteiger partial charge in [-0.2, -0.15) is 0 Å². The molecule has 0 saturated heterocycles. The molecule has 6 nitrogen and oxygen atoms in total. The number of rotatable bonds is 2. The lowest BCUT2D eigenvalue weighted by Crippen LogP contribution is -2.03. The number of nitrogens with two attached hydrogens (primary N) is 1. The van der Waals surface area contributed by atoms with Crippen molar-refractivity contribution in [3.8, 4) is 5.69 Å². The van der Waals surface area contributed by atoms with Crippen molar-refractivity contribution in [2.45, 2.75) is 0 Å². The average molecular weight is 273 g/mol. The van der Waals surface area contributed by atoms with E-state index in [1.165, 1.54) is 6.07 Å². The quantitative estimate of drug-likeness (QED) is 0.870. The summed E-state index contributed by atoms with van der Waals surface area (Å²) in [6.45, 7) is 0. The van der Waals surface area contributed by atoms with Gasteiger partial charge in [0, 0.05) is 5.02 Å². The number of carbonyl (C=O) groups is 1. The zero-order chi connectivity index (χ0) is 12.6. The maximum Gasteiger partial charge on any atom is 0.360 e. The predicted molar refractivity (Wildman–Crippen MR) is 62.8 cm³/mol. The number of nitrogens with zero attached hydrogens (tertiary/aromatic N) is 3. The standard InChI is InChI=1S/C9H6Cl2N4O2/c10-4-1-2-5(11)6(3-4)15-13-7(9(16)17)8(12)14-15/h1-3H,(H2,12,14)(H,16,17). The molecule has 1 heterocycles. The van der Waals surface area contributed by atoms with Crippen molar-refractivity contribution in [3.63, 3.8) is 0 Å². The summed E-state index contributed by atoms with van der Waals surface area (Å²) in [6.07, 6.45) is 0. The lowest BCUT2D eigenvalue weighted by Gasteiger charge is -2.02.